The second kappa shape index (κ2) is 4.77. The van der Waals surface area contributed by atoms with Crippen LogP contribution in [0.1, 0.15) is 0 Å². The molecule has 0 saturated heterocycles. The van der Waals surface area contributed by atoms with Gasteiger partial charge in [0.2, 0.25) is 0 Å². The van der Waals surface area contributed by atoms with Gasteiger partial charge >= 0.3 is 57.7 Å². The fraction of sp³-hybridized carbons (Fsp3) is 1.00. The van der Waals surface area contributed by atoms with E-state index in [1.807, 2.05) is 0 Å². The molecule has 0 atom stereocenters. The van der Waals surface area contributed by atoms with Gasteiger partial charge in [-0.05, 0) is 0 Å². The molecule has 0 heterocycles. The summed E-state index contributed by atoms with van der Waals surface area (Å²) in [4.78, 5) is 0. The molecule has 0 fully saturated rings. The van der Waals surface area contributed by atoms with Gasteiger partial charge in [0, 0.05) is 0 Å². The van der Waals surface area contributed by atoms with Crippen molar-refractivity contribution >= 4 is 49.4 Å². The van der Waals surface area contributed by atoms with E-state index in [2.05, 4.69) is 0 Å². The van der Waals surface area contributed by atoms with Crippen LogP contribution in [0.15, 0.2) is 0 Å². The quantitative estimate of drug-likeness (QED) is 0.504. The van der Waals surface area contributed by atoms with E-state index in [0.717, 1.165) is 0 Å². The molecule has 4 radical (unpaired) electrons. The maximum atomic E-state index is 1.58. The predicted molar refractivity (Wildman–Crippen MR) is 21.1 cm³/mol. The third-order valence-electron chi connectivity index (χ3n) is 0.1000. The Morgan fingerprint density at radius 3 is 1.25 bits per heavy atom. The molecule has 22 valence electrons. The van der Waals surface area contributed by atoms with Crippen LogP contribution in [0, 0.1) is 0 Å². The Labute approximate surface area is 57.0 Å². The van der Waals surface area contributed by atoms with Crippen LogP contribution in [-0.4, -0.2) is 49.4 Å². The van der Waals surface area contributed by atoms with Crippen molar-refractivity contribution in [3.05, 3.63) is 0 Å². The number of hydrogen-bond acceptors (Lipinski definition) is 0. The summed E-state index contributed by atoms with van der Waals surface area (Å²) in [6, 6.07) is 0. The predicted octanol–water partition coefficient (Wildman–Crippen LogP) is 0.160. The zero-order chi connectivity index (χ0) is 3.41. The number of hydrogen-bond donors (Lipinski definition) is 0. The first-order valence-corrected chi connectivity index (χ1v) is 6.05. The van der Waals surface area contributed by atoms with E-state index in [4.69, 9.17) is 0 Å². The first-order valence-electron chi connectivity index (χ1n) is 1.13. The average Bonchev–Trinajstić information content (AvgIpc) is 1.37. The molecule has 0 bridgehead atoms. The Hall–Kier alpha value is 1.77. The van der Waals surface area contributed by atoms with Crippen molar-refractivity contribution in [1.29, 1.82) is 0 Å². The molecule has 0 N–H and O–H groups in total. The van der Waals surface area contributed by atoms with Crippen LogP contribution in [0.25, 0.3) is 0 Å². The molecule has 0 nitrogen and oxygen atoms in total. The van der Waals surface area contributed by atoms with E-state index in [0.29, 0.717) is 0 Å². The first-order chi connectivity index (χ1) is 1.91. The Morgan fingerprint density at radius 1 is 1.00 bits per heavy atom. The van der Waals surface area contributed by atoms with E-state index in [1.54, 1.807) is 49.4 Å². The summed E-state index contributed by atoms with van der Waals surface area (Å²) in [6.45, 7) is 0. The second-order valence-electron chi connectivity index (χ2n) is 0.447. The van der Waals surface area contributed by atoms with E-state index < -0.39 is 0 Å². The fourth-order valence-electron chi connectivity index (χ4n) is 0. The molecule has 0 rings (SSSR count). The topological polar surface area (TPSA) is 0 Å². The van der Waals surface area contributed by atoms with Crippen molar-refractivity contribution in [3.8, 4) is 0 Å². The summed E-state index contributed by atoms with van der Waals surface area (Å²) >= 11 is 3.15. The van der Waals surface area contributed by atoms with Gasteiger partial charge in [-0.2, -0.15) is 0 Å². The molecule has 0 aliphatic carbocycles. The summed E-state index contributed by atoms with van der Waals surface area (Å²) in [5.41, 5.74) is 0. The van der Waals surface area contributed by atoms with Crippen LogP contribution in [0.5, 0.6) is 0 Å². The first kappa shape index (κ1) is 5.77. The molecule has 2 heteroatoms. The van der Waals surface area contributed by atoms with Crippen LogP contribution >= 0.6 is 0 Å². The molecule has 0 amide bonds. The SMILES string of the molecule is [Bi][CH2][CH2][Bi]. The summed E-state index contributed by atoms with van der Waals surface area (Å²) in [5.74, 6) is 0. The fourth-order valence-corrected chi connectivity index (χ4v) is 0. The minimum atomic E-state index is 1.48. The minimum absolute atomic E-state index is 1.48. The van der Waals surface area contributed by atoms with Crippen molar-refractivity contribution in [2.24, 2.45) is 0 Å². The third-order valence-corrected chi connectivity index (χ3v) is 7.70. The third kappa shape index (κ3) is 3.77. The molecular weight excluding hydrogens is 442 g/mol. The molecule has 0 aromatic rings. The van der Waals surface area contributed by atoms with Crippen LogP contribution in [0.2, 0.25) is 8.26 Å². The zero-order valence-electron chi connectivity index (χ0n) is 2.31. The molecule has 0 saturated carbocycles. The van der Waals surface area contributed by atoms with Gasteiger partial charge in [0.05, 0.1) is 0 Å². The van der Waals surface area contributed by atoms with Crippen molar-refractivity contribution in [2.45, 2.75) is 8.26 Å². The molecule has 0 aliphatic rings. The van der Waals surface area contributed by atoms with Gasteiger partial charge < -0.3 is 0 Å². The van der Waals surface area contributed by atoms with Crippen molar-refractivity contribution in [2.75, 3.05) is 0 Å². The van der Waals surface area contributed by atoms with E-state index >= 15 is 0 Å². The Bertz CT molecular complexity index is 6.00. The average molecular weight is 446 g/mol. The van der Waals surface area contributed by atoms with Crippen LogP contribution < -0.4 is 0 Å². The van der Waals surface area contributed by atoms with Gasteiger partial charge in [0.25, 0.3) is 0 Å². The molecule has 0 aromatic carbocycles. The Kier molecular flexibility index (Phi) is 6.87. The van der Waals surface area contributed by atoms with Crippen LogP contribution in [-0.2, 0) is 0 Å². The van der Waals surface area contributed by atoms with Gasteiger partial charge in [0.15, 0.2) is 0 Å². The maximum absolute atomic E-state index is 1.58. The Balaban J connectivity index is 1.97. The molecule has 4 heavy (non-hydrogen) atoms. The molecule has 0 aliphatic heterocycles. The van der Waals surface area contributed by atoms with Crippen molar-refractivity contribution in [1.82, 2.24) is 0 Å². The summed E-state index contributed by atoms with van der Waals surface area (Å²) in [7, 11) is 0. The van der Waals surface area contributed by atoms with Gasteiger partial charge in [-0.1, -0.05) is 0 Å². The molecule has 0 aromatic heterocycles. The monoisotopic (exact) mass is 446 g/mol. The number of rotatable bonds is 1. The van der Waals surface area contributed by atoms with Gasteiger partial charge in [-0.15, -0.1) is 0 Å². The van der Waals surface area contributed by atoms with E-state index in [-0.39, 0.29) is 0 Å². The van der Waals surface area contributed by atoms with Crippen LogP contribution in [0.4, 0.5) is 0 Å². The van der Waals surface area contributed by atoms with Gasteiger partial charge in [-0.3, -0.25) is 0 Å². The van der Waals surface area contributed by atoms with E-state index in [1.165, 1.54) is 8.26 Å². The summed E-state index contributed by atoms with van der Waals surface area (Å²) < 4.78 is 2.96. The molecule has 0 unspecified atom stereocenters. The normalized spacial score (nSPS) is 7.50. The van der Waals surface area contributed by atoms with Crippen molar-refractivity contribution < 1.29 is 0 Å². The van der Waals surface area contributed by atoms with Crippen LogP contribution in [0.3, 0.4) is 0 Å². The van der Waals surface area contributed by atoms with Gasteiger partial charge in [0.1, 0.15) is 0 Å². The second-order valence-corrected chi connectivity index (χ2v) is 3.92. The van der Waals surface area contributed by atoms with Crippen molar-refractivity contribution in [3.63, 3.8) is 0 Å². The standard InChI is InChI=1S/C2H4.2Bi/c1-2;;/h1-2H2;;. The summed E-state index contributed by atoms with van der Waals surface area (Å²) in [6.07, 6.45) is 0. The zero-order valence-corrected chi connectivity index (χ0v) is 9.26. The molecule has 0 spiro atoms. The van der Waals surface area contributed by atoms with Gasteiger partial charge in [-0.25, -0.2) is 0 Å². The molecular formula is C2H4Bi2. The Morgan fingerprint density at radius 2 is 1.25 bits per heavy atom. The van der Waals surface area contributed by atoms with E-state index in [9.17, 15) is 0 Å². The summed E-state index contributed by atoms with van der Waals surface area (Å²) in [5, 5.41) is 0.